The normalized spacial score (nSPS) is 15.0. The quantitative estimate of drug-likeness (QED) is 0.534. The number of piperazine rings is 1. The molecule has 1 amide bonds. The van der Waals surface area contributed by atoms with E-state index in [0.29, 0.717) is 6.54 Å². The zero-order chi connectivity index (χ0) is 20.3. The molecule has 1 aliphatic heterocycles. The molecule has 5 rings (SSSR count). The molecule has 1 aliphatic rings. The Hall–Kier alpha value is -2.96. The first-order chi connectivity index (χ1) is 14.8. The SMILES string of the molecule is O=C(NCCN1CCN(c2nc3ccccc3s2)CC1)c1cccc2ccccc12. The highest BCUT2D eigenvalue weighted by Gasteiger charge is 2.20. The first-order valence-electron chi connectivity index (χ1n) is 10.4. The molecule has 0 radical (unpaired) electrons. The van der Waals surface area contributed by atoms with Crippen molar-refractivity contribution >= 4 is 43.4 Å². The maximum absolute atomic E-state index is 12.7. The second-order valence-electron chi connectivity index (χ2n) is 7.58. The van der Waals surface area contributed by atoms with Gasteiger partial charge in [0.15, 0.2) is 5.13 Å². The van der Waals surface area contributed by atoms with E-state index < -0.39 is 0 Å². The Labute approximate surface area is 179 Å². The maximum atomic E-state index is 12.7. The van der Waals surface area contributed by atoms with Gasteiger partial charge in [-0.25, -0.2) is 4.98 Å². The monoisotopic (exact) mass is 416 g/mol. The average Bonchev–Trinajstić information content (AvgIpc) is 3.23. The highest BCUT2D eigenvalue weighted by Crippen LogP contribution is 2.29. The third-order valence-corrected chi connectivity index (χ3v) is 6.77. The summed E-state index contributed by atoms with van der Waals surface area (Å²) in [6.07, 6.45) is 0. The molecular weight excluding hydrogens is 392 g/mol. The van der Waals surface area contributed by atoms with E-state index in [-0.39, 0.29) is 5.91 Å². The Kier molecular flexibility index (Phi) is 5.34. The van der Waals surface area contributed by atoms with Crippen molar-refractivity contribution in [2.45, 2.75) is 0 Å². The third kappa shape index (κ3) is 3.88. The van der Waals surface area contributed by atoms with Crippen LogP contribution in [0.1, 0.15) is 10.4 Å². The van der Waals surface area contributed by atoms with E-state index in [0.717, 1.165) is 59.7 Å². The second-order valence-corrected chi connectivity index (χ2v) is 8.58. The maximum Gasteiger partial charge on any atom is 0.251 e. The first-order valence-corrected chi connectivity index (χ1v) is 11.2. The van der Waals surface area contributed by atoms with Crippen LogP contribution in [0.15, 0.2) is 66.7 Å². The van der Waals surface area contributed by atoms with E-state index in [1.54, 1.807) is 11.3 Å². The molecule has 0 atom stereocenters. The number of thiazole rings is 1. The van der Waals surface area contributed by atoms with Crippen molar-refractivity contribution < 1.29 is 4.79 Å². The van der Waals surface area contributed by atoms with E-state index >= 15 is 0 Å². The topological polar surface area (TPSA) is 48.5 Å². The van der Waals surface area contributed by atoms with Gasteiger partial charge < -0.3 is 10.2 Å². The lowest BCUT2D eigenvalue weighted by Gasteiger charge is -2.34. The summed E-state index contributed by atoms with van der Waals surface area (Å²) in [6, 6.07) is 22.2. The summed E-state index contributed by atoms with van der Waals surface area (Å²) in [5, 5.41) is 6.30. The van der Waals surface area contributed by atoms with Crippen LogP contribution in [-0.4, -0.2) is 55.1 Å². The van der Waals surface area contributed by atoms with Gasteiger partial charge in [0.25, 0.3) is 5.91 Å². The summed E-state index contributed by atoms with van der Waals surface area (Å²) < 4.78 is 1.24. The zero-order valence-electron chi connectivity index (χ0n) is 16.8. The molecule has 0 saturated carbocycles. The molecule has 1 N–H and O–H groups in total. The van der Waals surface area contributed by atoms with E-state index in [2.05, 4.69) is 33.3 Å². The van der Waals surface area contributed by atoms with Crippen LogP contribution >= 0.6 is 11.3 Å². The molecule has 4 aromatic rings. The van der Waals surface area contributed by atoms with Crippen molar-refractivity contribution in [2.24, 2.45) is 0 Å². The molecule has 5 nitrogen and oxygen atoms in total. The Morgan fingerprint density at radius 2 is 1.70 bits per heavy atom. The molecule has 6 heteroatoms. The Balaban J connectivity index is 1.13. The predicted octanol–water partition coefficient (Wildman–Crippen LogP) is 4.00. The first kappa shape index (κ1) is 19.0. The largest absolute Gasteiger partial charge is 0.351 e. The van der Waals surface area contributed by atoms with Crippen molar-refractivity contribution in [2.75, 3.05) is 44.2 Å². The lowest BCUT2D eigenvalue weighted by Crippen LogP contribution is -2.48. The smallest absolute Gasteiger partial charge is 0.251 e. The van der Waals surface area contributed by atoms with E-state index in [1.165, 1.54) is 4.70 Å². The average molecular weight is 417 g/mol. The Morgan fingerprint density at radius 1 is 0.933 bits per heavy atom. The summed E-state index contributed by atoms with van der Waals surface area (Å²) in [4.78, 5) is 22.2. The summed E-state index contributed by atoms with van der Waals surface area (Å²) in [6.45, 7) is 5.43. The van der Waals surface area contributed by atoms with Gasteiger partial charge in [-0.05, 0) is 29.0 Å². The third-order valence-electron chi connectivity index (χ3n) is 5.67. The molecule has 3 aromatic carbocycles. The number of rotatable bonds is 5. The lowest BCUT2D eigenvalue weighted by molar-refractivity contribution is 0.0949. The number of nitrogens with zero attached hydrogens (tertiary/aromatic N) is 3. The fourth-order valence-corrected chi connectivity index (χ4v) is 5.02. The number of carbonyl (C=O) groups excluding carboxylic acids is 1. The fourth-order valence-electron chi connectivity index (χ4n) is 4.00. The number of benzene rings is 3. The summed E-state index contributed by atoms with van der Waals surface area (Å²) in [5.41, 5.74) is 1.82. The van der Waals surface area contributed by atoms with Gasteiger partial charge in [-0.15, -0.1) is 0 Å². The molecule has 0 aliphatic carbocycles. The molecule has 1 fully saturated rings. The number of aromatic nitrogens is 1. The number of nitrogens with one attached hydrogen (secondary N) is 1. The number of anilines is 1. The van der Waals surface area contributed by atoms with Crippen molar-refractivity contribution in [1.82, 2.24) is 15.2 Å². The molecule has 0 spiro atoms. The van der Waals surface area contributed by atoms with Gasteiger partial charge >= 0.3 is 0 Å². The summed E-state index contributed by atoms with van der Waals surface area (Å²) >= 11 is 1.76. The molecule has 1 aromatic heterocycles. The molecule has 152 valence electrons. The van der Waals surface area contributed by atoms with Crippen LogP contribution in [0.25, 0.3) is 21.0 Å². The van der Waals surface area contributed by atoms with E-state index in [9.17, 15) is 4.79 Å². The van der Waals surface area contributed by atoms with Gasteiger partial charge in [-0.3, -0.25) is 9.69 Å². The van der Waals surface area contributed by atoms with Crippen LogP contribution in [0.2, 0.25) is 0 Å². The Morgan fingerprint density at radius 3 is 2.57 bits per heavy atom. The van der Waals surface area contributed by atoms with Gasteiger partial charge in [0.2, 0.25) is 0 Å². The molecule has 1 saturated heterocycles. The minimum absolute atomic E-state index is 0.0000819. The predicted molar refractivity (Wildman–Crippen MR) is 125 cm³/mol. The minimum Gasteiger partial charge on any atom is -0.351 e. The Bertz CT molecular complexity index is 1140. The van der Waals surface area contributed by atoms with Crippen LogP contribution < -0.4 is 10.2 Å². The fraction of sp³-hybridized carbons (Fsp3) is 0.250. The van der Waals surface area contributed by atoms with Crippen LogP contribution in [-0.2, 0) is 0 Å². The number of carbonyl (C=O) groups is 1. The number of fused-ring (bicyclic) bond motifs is 2. The van der Waals surface area contributed by atoms with Gasteiger partial charge in [0.05, 0.1) is 10.2 Å². The minimum atomic E-state index is -0.0000819. The van der Waals surface area contributed by atoms with Gasteiger partial charge in [0.1, 0.15) is 0 Å². The van der Waals surface area contributed by atoms with Crippen LogP contribution in [0.5, 0.6) is 0 Å². The highest BCUT2D eigenvalue weighted by atomic mass is 32.1. The van der Waals surface area contributed by atoms with Crippen LogP contribution in [0.3, 0.4) is 0 Å². The lowest BCUT2D eigenvalue weighted by atomic mass is 10.0. The zero-order valence-corrected chi connectivity index (χ0v) is 17.6. The second kappa shape index (κ2) is 8.42. The molecule has 30 heavy (non-hydrogen) atoms. The standard InChI is InChI=1S/C24H24N4OS/c29-23(20-9-5-7-18-6-1-2-8-19(18)20)25-12-13-27-14-16-28(17-15-27)24-26-21-10-3-4-11-22(21)30-24/h1-11H,12-17H2,(H,25,29). The van der Waals surface area contributed by atoms with Gasteiger partial charge in [0, 0.05) is 44.8 Å². The van der Waals surface area contributed by atoms with E-state index in [4.69, 9.17) is 4.98 Å². The van der Waals surface area contributed by atoms with Gasteiger partial charge in [-0.2, -0.15) is 0 Å². The van der Waals surface area contributed by atoms with Gasteiger partial charge in [-0.1, -0.05) is 59.9 Å². The molecule has 2 heterocycles. The summed E-state index contributed by atoms with van der Waals surface area (Å²) in [7, 11) is 0. The number of hydrogen-bond donors (Lipinski definition) is 1. The molecule has 0 bridgehead atoms. The summed E-state index contributed by atoms with van der Waals surface area (Å²) in [5.74, 6) is -0.0000819. The number of para-hydroxylation sites is 1. The number of amides is 1. The van der Waals surface area contributed by atoms with Crippen LogP contribution in [0, 0.1) is 0 Å². The van der Waals surface area contributed by atoms with E-state index in [1.807, 2.05) is 48.5 Å². The van der Waals surface area contributed by atoms with Crippen LogP contribution in [0.4, 0.5) is 5.13 Å². The van der Waals surface area contributed by atoms with Crippen molar-refractivity contribution in [3.05, 3.63) is 72.3 Å². The highest BCUT2D eigenvalue weighted by molar-refractivity contribution is 7.22. The number of hydrogen-bond acceptors (Lipinski definition) is 5. The van der Waals surface area contributed by atoms with Crippen molar-refractivity contribution in [1.29, 1.82) is 0 Å². The molecular formula is C24H24N4OS. The molecule has 0 unspecified atom stereocenters. The van der Waals surface area contributed by atoms with Crippen molar-refractivity contribution in [3.8, 4) is 0 Å². The van der Waals surface area contributed by atoms with Crippen molar-refractivity contribution in [3.63, 3.8) is 0 Å².